The first kappa shape index (κ1) is 28.2. The molecule has 0 saturated heterocycles. The number of halogens is 2. The average Bonchev–Trinajstić information content (AvgIpc) is 2.92. The summed E-state index contributed by atoms with van der Waals surface area (Å²) in [5.41, 5.74) is 6.60. The Balaban J connectivity index is 1.46. The molecule has 4 rings (SSSR count). The molecule has 0 saturated carbocycles. The van der Waals surface area contributed by atoms with Crippen LogP contribution in [-0.4, -0.2) is 11.9 Å². The Morgan fingerprint density at radius 1 is 0.650 bits per heavy atom. The summed E-state index contributed by atoms with van der Waals surface area (Å²) in [5.74, 6) is -2.89. The van der Waals surface area contributed by atoms with Gasteiger partial charge in [0, 0.05) is 11.1 Å². The van der Waals surface area contributed by atoms with Crippen molar-refractivity contribution < 1.29 is 27.8 Å². The van der Waals surface area contributed by atoms with Gasteiger partial charge < -0.3 is 9.47 Å². The Kier molecular flexibility index (Phi) is 8.39. The van der Waals surface area contributed by atoms with Gasteiger partial charge in [-0.1, -0.05) is 67.8 Å². The van der Waals surface area contributed by atoms with Gasteiger partial charge in [-0.2, -0.15) is 0 Å². The van der Waals surface area contributed by atoms with E-state index < -0.39 is 23.6 Å². The van der Waals surface area contributed by atoms with Crippen molar-refractivity contribution in [1.29, 1.82) is 0 Å². The van der Waals surface area contributed by atoms with Gasteiger partial charge in [-0.3, -0.25) is 0 Å². The van der Waals surface area contributed by atoms with E-state index in [1.807, 2.05) is 49.4 Å². The van der Waals surface area contributed by atoms with Crippen molar-refractivity contribution in [1.82, 2.24) is 0 Å². The first-order valence-corrected chi connectivity index (χ1v) is 12.6. The van der Waals surface area contributed by atoms with E-state index in [-0.39, 0.29) is 22.6 Å². The molecule has 4 aromatic rings. The largest absolute Gasteiger partial charge is 0.420 e. The van der Waals surface area contributed by atoms with E-state index in [0.29, 0.717) is 17.5 Å². The average molecular weight is 539 g/mol. The van der Waals surface area contributed by atoms with Crippen molar-refractivity contribution in [3.8, 4) is 33.8 Å². The standard InChI is InChI=1S/C34H28F2O4/c1-20(2)33(37)39-31-14-12-27(18-29(31)35)24-8-6-23(7-9-24)17-25-10-11-26(16-22(25)5)28-13-15-32(30(36)19-28)40-34(38)21(3)4/h6-16,18-19H,1,3,17H2,2,4-5H3. The van der Waals surface area contributed by atoms with E-state index in [0.717, 1.165) is 27.8 Å². The zero-order valence-electron chi connectivity index (χ0n) is 22.5. The molecule has 0 amide bonds. The number of hydrogen-bond donors (Lipinski definition) is 0. The second-order valence-electron chi connectivity index (χ2n) is 9.65. The molecule has 4 aromatic carbocycles. The van der Waals surface area contributed by atoms with Gasteiger partial charge in [0.05, 0.1) is 0 Å². The predicted octanol–water partition coefficient (Wildman–Crippen LogP) is 8.16. The number of ether oxygens (including phenoxy) is 2. The zero-order valence-corrected chi connectivity index (χ0v) is 22.5. The summed E-state index contributed by atoms with van der Waals surface area (Å²) >= 11 is 0. The van der Waals surface area contributed by atoms with Gasteiger partial charge in [-0.05, 0) is 90.4 Å². The molecule has 0 aromatic heterocycles. The van der Waals surface area contributed by atoms with Gasteiger partial charge in [0.15, 0.2) is 23.1 Å². The van der Waals surface area contributed by atoms with Crippen molar-refractivity contribution in [3.63, 3.8) is 0 Å². The highest BCUT2D eigenvalue weighted by molar-refractivity contribution is 5.89. The monoisotopic (exact) mass is 538 g/mol. The van der Waals surface area contributed by atoms with Gasteiger partial charge in [-0.25, -0.2) is 18.4 Å². The molecule has 0 fully saturated rings. The summed E-state index contributed by atoms with van der Waals surface area (Å²) in [4.78, 5) is 23.4. The summed E-state index contributed by atoms with van der Waals surface area (Å²) < 4.78 is 39.1. The maximum Gasteiger partial charge on any atom is 0.338 e. The predicted molar refractivity (Wildman–Crippen MR) is 152 cm³/mol. The van der Waals surface area contributed by atoms with Crippen molar-refractivity contribution in [2.45, 2.75) is 27.2 Å². The molecular formula is C34H28F2O4. The lowest BCUT2D eigenvalue weighted by molar-refractivity contribution is -0.131. The summed E-state index contributed by atoms with van der Waals surface area (Å²) in [7, 11) is 0. The number of esters is 2. The fourth-order valence-electron chi connectivity index (χ4n) is 4.01. The molecule has 0 aliphatic heterocycles. The minimum Gasteiger partial charge on any atom is -0.420 e. The lowest BCUT2D eigenvalue weighted by Crippen LogP contribution is -2.09. The molecule has 0 heterocycles. The van der Waals surface area contributed by atoms with E-state index in [4.69, 9.17) is 9.47 Å². The molecule has 0 bridgehead atoms. The quantitative estimate of drug-likeness (QED) is 0.129. The molecule has 0 atom stereocenters. The van der Waals surface area contributed by atoms with E-state index >= 15 is 0 Å². The van der Waals surface area contributed by atoms with Crippen LogP contribution in [0.2, 0.25) is 0 Å². The zero-order chi connectivity index (χ0) is 29.0. The number of aryl methyl sites for hydroxylation is 1. The summed E-state index contributed by atoms with van der Waals surface area (Å²) in [6.07, 6.45) is 0.681. The maximum absolute atomic E-state index is 14.6. The highest BCUT2D eigenvalue weighted by Gasteiger charge is 2.13. The summed E-state index contributed by atoms with van der Waals surface area (Å²) in [6.45, 7) is 12.0. The van der Waals surface area contributed by atoms with Crippen LogP contribution in [0.4, 0.5) is 8.78 Å². The smallest absolute Gasteiger partial charge is 0.338 e. The number of benzene rings is 4. The Morgan fingerprint density at radius 2 is 1.07 bits per heavy atom. The molecule has 0 N–H and O–H groups in total. The van der Waals surface area contributed by atoms with Crippen molar-refractivity contribution in [2.75, 3.05) is 0 Å². The molecule has 6 heteroatoms. The third kappa shape index (κ3) is 6.59. The highest BCUT2D eigenvalue weighted by Crippen LogP contribution is 2.30. The van der Waals surface area contributed by atoms with Crippen molar-refractivity contribution in [3.05, 3.63) is 131 Å². The van der Waals surface area contributed by atoms with Gasteiger partial charge in [-0.15, -0.1) is 0 Å². The third-order valence-electron chi connectivity index (χ3n) is 6.32. The lowest BCUT2D eigenvalue weighted by Gasteiger charge is -2.11. The summed E-state index contributed by atoms with van der Waals surface area (Å²) in [6, 6.07) is 22.7. The topological polar surface area (TPSA) is 52.6 Å². The van der Waals surface area contributed by atoms with Gasteiger partial charge in [0.1, 0.15) is 0 Å². The molecule has 4 nitrogen and oxygen atoms in total. The van der Waals surface area contributed by atoms with E-state index in [1.54, 1.807) is 12.1 Å². The number of rotatable bonds is 8. The van der Waals surface area contributed by atoms with Crippen LogP contribution in [-0.2, 0) is 16.0 Å². The van der Waals surface area contributed by atoms with Gasteiger partial charge in [0.2, 0.25) is 0 Å². The SMILES string of the molecule is C=C(C)C(=O)Oc1ccc(-c2ccc(Cc3ccc(-c4ccc(OC(=O)C(=C)C)c(F)c4)cc3C)cc2)cc1F. The van der Waals surface area contributed by atoms with Crippen LogP contribution in [0.15, 0.2) is 103 Å². The molecule has 0 aliphatic carbocycles. The molecule has 0 unspecified atom stereocenters. The first-order chi connectivity index (χ1) is 19.0. The normalized spacial score (nSPS) is 10.6. The van der Waals surface area contributed by atoms with E-state index in [2.05, 4.69) is 13.2 Å². The maximum atomic E-state index is 14.6. The molecule has 0 spiro atoms. The fourth-order valence-corrected chi connectivity index (χ4v) is 4.01. The Hall–Kier alpha value is -4.84. The third-order valence-corrected chi connectivity index (χ3v) is 6.32. The van der Waals surface area contributed by atoms with Gasteiger partial charge >= 0.3 is 11.9 Å². The van der Waals surface area contributed by atoms with Crippen LogP contribution in [0.1, 0.15) is 30.5 Å². The Bertz CT molecular complexity index is 1630. The molecule has 0 aliphatic rings. The second-order valence-corrected chi connectivity index (χ2v) is 9.65. The number of hydrogen-bond acceptors (Lipinski definition) is 4. The van der Waals surface area contributed by atoms with Crippen molar-refractivity contribution in [2.24, 2.45) is 0 Å². The van der Waals surface area contributed by atoms with Crippen LogP contribution in [0.3, 0.4) is 0 Å². The minimum absolute atomic E-state index is 0.140. The molecule has 202 valence electrons. The Labute approximate surface area is 232 Å². The van der Waals surface area contributed by atoms with E-state index in [9.17, 15) is 18.4 Å². The van der Waals surface area contributed by atoms with Crippen LogP contribution in [0.5, 0.6) is 11.5 Å². The van der Waals surface area contributed by atoms with Crippen LogP contribution < -0.4 is 9.47 Å². The summed E-state index contributed by atoms with van der Waals surface area (Å²) in [5, 5.41) is 0. The minimum atomic E-state index is -0.675. The van der Waals surface area contributed by atoms with Crippen LogP contribution in [0.25, 0.3) is 22.3 Å². The first-order valence-electron chi connectivity index (χ1n) is 12.6. The number of carbonyl (C=O) groups excluding carboxylic acids is 2. The Morgan fingerprint density at radius 3 is 1.52 bits per heavy atom. The van der Waals surface area contributed by atoms with Gasteiger partial charge in [0.25, 0.3) is 0 Å². The molecule has 40 heavy (non-hydrogen) atoms. The number of carbonyl (C=O) groups is 2. The van der Waals surface area contributed by atoms with Crippen molar-refractivity contribution >= 4 is 11.9 Å². The molecule has 0 radical (unpaired) electrons. The highest BCUT2D eigenvalue weighted by atomic mass is 19.1. The van der Waals surface area contributed by atoms with E-state index in [1.165, 1.54) is 38.1 Å². The fraction of sp³-hybridized carbons (Fsp3) is 0.118. The second kappa shape index (κ2) is 11.9. The lowest BCUT2D eigenvalue weighted by atomic mass is 9.95. The van der Waals surface area contributed by atoms with Crippen LogP contribution in [0, 0.1) is 18.6 Å². The molecular weight excluding hydrogens is 510 g/mol. The van der Waals surface area contributed by atoms with Crippen LogP contribution >= 0.6 is 0 Å².